The van der Waals surface area contributed by atoms with Crippen LogP contribution in [0.15, 0.2) is 29.8 Å². The molecule has 24 heavy (non-hydrogen) atoms. The third-order valence-electron chi connectivity index (χ3n) is 4.03. The minimum Gasteiger partial charge on any atom is -0.351 e. The monoisotopic (exact) mass is 370 g/mol. The molecule has 0 heterocycles. The number of sulfonamides is 1. The fourth-order valence-corrected chi connectivity index (χ4v) is 3.77. The first-order chi connectivity index (χ1) is 11.3. The summed E-state index contributed by atoms with van der Waals surface area (Å²) in [5.41, 5.74) is 2.38. The van der Waals surface area contributed by atoms with Crippen LogP contribution >= 0.6 is 11.6 Å². The Morgan fingerprint density at radius 3 is 2.71 bits per heavy atom. The van der Waals surface area contributed by atoms with Gasteiger partial charge in [-0.25, -0.2) is 8.42 Å². The highest BCUT2D eigenvalue weighted by atomic mass is 35.5. The van der Waals surface area contributed by atoms with E-state index in [0.717, 1.165) is 35.4 Å². The van der Waals surface area contributed by atoms with E-state index in [2.05, 4.69) is 11.4 Å². The topological polar surface area (TPSA) is 66.5 Å². The van der Waals surface area contributed by atoms with Gasteiger partial charge in [-0.1, -0.05) is 29.3 Å². The fourth-order valence-electron chi connectivity index (χ4n) is 2.70. The van der Waals surface area contributed by atoms with Crippen LogP contribution in [0.3, 0.4) is 0 Å². The lowest BCUT2D eigenvalue weighted by Crippen LogP contribution is -2.41. The summed E-state index contributed by atoms with van der Waals surface area (Å²) < 4.78 is 25.4. The molecule has 0 aliphatic heterocycles. The Labute approximate surface area is 148 Å². The number of hydrogen-bond donors (Lipinski definition) is 1. The van der Waals surface area contributed by atoms with Crippen molar-refractivity contribution in [2.24, 2.45) is 0 Å². The molecule has 2 rings (SSSR count). The molecule has 0 radical (unpaired) electrons. The van der Waals surface area contributed by atoms with Crippen LogP contribution in [0.5, 0.6) is 0 Å². The van der Waals surface area contributed by atoms with Gasteiger partial charge in [0, 0.05) is 11.6 Å². The van der Waals surface area contributed by atoms with Gasteiger partial charge >= 0.3 is 0 Å². The second-order valence-electron chi connectivity index (χ2n) is 6.09. The summed E-state index contributed by atoms with van der Waals surface area (Å²) >= 11 is 5.98. The predicted octanol–water partition coefficient (Wildman–Crippen LogP) is 3.03. The summed E-state index contributed by atoms with van der Waals surface area (Å²) in [6, 6.07) is 4.99. The van der Waals surface area contributed by atoms with Gasteiger partial charge in [0.25, 0.3) is 0 Å². The van der Waals surface area contributed by atoms with Crippen molar-refractivity contribution in [2.75, 3.05) is 23.7 Å². The second-order valence-corrected chi connectivity index (χ2v) is 8.43. The van der Waals surface area contributed by atoms with E-state index < -0.39 is 10.0 Å². The summed E-state index contributed by atoms with van der Waals surface area (Å²) in [7, 11) is -3.60. The quantitative estimate of drug-likeness (QED) is 0.782. The first kappa shape index (κ1) is 18.8. The Balaban J connectivity index is 2.10. The molecular weight excluding hydrogens is 348 g/mol. The van der Waals surface area contributed by atoms with Crippen LogP contribution in [-0.4, -0.2) is 33.7 Å². The van der Waals surface area contributed by atoms with Crippen LogP contribution in [0.1, 0.15) is 31.2 Å². The third-order valence-corrected chi connectivity index (χ3v) is 5.39. The first-order valence-corrected chi connectivity index (χ1v) is 10.2. The van der Waals surface area contributed by atoms with Crippen molar-refractivity contribution in [3.05, 3.63) is 40.4 Å². The van der Waals surface area contributed by atoms with Gasteiger partial charge in [-0.2, -0.15) is 0 Å². The van der Waals surface area contributed by atoms with Gasteiger partial charge in [0.05, 0.1) is 11.9 Å². The number of benzene rings is 1. The Bertz CT molecular complexity index is 744. The number of rotatable bonds is 6. The zero-order valence-corrected chi connectivity index (χ0v) is 15.6. The molecule has 1 amide bonds. The lowest BCUT2D eigenvalue weighted by molar-refractivity contribution is -0.119. The molecule has 1 aromatic rings. The Kier molecular flexibility index (Phi) is 6.29. The molecule has 0 saturated carbocycles. The maximum Gasteiger partial charge on any atom is 0.241 e. The maximum absolute atomic E-state index is 12.2. The third kappa shape index (κ3) is 5.24. The molecule has 132 valence electrons. The molecule has 1 aliphatic rings. The van der Waals surface area contributed by atoms with Crippen LogP contribution < -0.4 is 9.62 Å². The maximum atomic E-state index is 12.2. The van der Waals surface area contributed by atoms with Crippen molar-refractivity contribution < 1.29 is 13.2 Å². The van der Waals surface area contributed by atoms with E-state index in [0.29, 0.717) is 17.3 Å². The minimum absolute atomic E-state index is 0.257. The molecule has 0 bridgehead atoms. The molecular formula is C17H23ClN2O3S. The molecule has 0 aromatic heterocycles. The van der Waals surface area contributed by atoms with Gasteiger partial charge in [0.1, 0.15) is 6.54 Å². The molecule has 7 heteroatoms. The number of carbonyl (C=O) groups is 1. The van der Waals surface area contributed by atoms with Crippen molar-refractivity contribution in [1.29, 1.82) is 0 Å². The number of allylic oxidation sites excluding steroid dienone is 1. The number of halogens is 1. The van der Waals surface area contributed by atoms with Crippen LogP contribution in [0, 0.1) is 6.92 Å². The van der Waals surface area contributed by atoms with E-state index in [4.69, 9.17) is 11.6 Å². The van der Waals surface area contributed by atoms with Gasteiger partial charge in [-0.05, 0) is 50.3 Å². The highest BCUT2D eigenvalue weighted by Crippen LogP contribution is 2.26. The van der Waals surface area contributed by atoms with Crippen molar-refractivity contribution in [1.82, 2.24) is 5.32 Å². The molecule has 0 saturated heterocycles. The van der Waals surface area contributed by atoms with E-state index >= 15 is 0 Å². The number of anilines is 1. The van der Waals surface area contributed by atoms with E-state index in [1.807, 2.05) is 0 Å². The molecule has 0 unspecified atom stereocenters. The van der Waals surface area contributed by atoms with Gasteiger partial charge in [-0.3, -0.25) is 9.10 Å². The van der Waals surface area contributed by atoms with Crippen molar-refractivity contribution in [3.63, 3.8) is 0 Å². The van der Waals surface area contributed by atoms with E-state index in [1.165, 1.54) is 12.0 Å². The Morgan fingerprint density at radius 1 is 1.33 bits per heavy atom. The summed E-state index contributed by atoms with van der Waals surface area (Å²) in [6.07, 6.45) is 7.60. The zero-order valence-electron chi connectivity index (χ0n) is 14.0. The number of aryl methyl sites for hydroxylation is 1. The Morgan fingerprint density at radius 2 is 2.08 bits per heavy atom. The molecule has 1 aromatic carbocycles. The van der Waals surface area contributed by atoms with Crippen LogP contribution in [-0.2, 0) is 14.8 Å². The molecule has 0 fully saturated rings. The van der Waals surface area contributed by atoms with Gasteiger partial charge in [-0.15, -0.1) is 0 Å². The summed E-state index contributed by atoms with van der Waals surface area (Å²) in [5.74, 6) is -0.328. The average molecular weight is 371 g/mol. The highest BCUT2D eigenvalue weighted by molar-refractivity contribution is 7.92. The van der Waals surface area contributed by atoms with Crippen LogP contribution in [0.2, 0.25) is 5.02 Å². The van der Waals surface area contributed by atoms with E-state index in [9.17, 15) is 13.2 Å². The molecule has 1 N–H and O–H groups in total. The van der Waals surface area contributed by atoms with Gasteiger partial charge < -0.3 is 5.32 Å². The number of hydrogen-bond acceptors (Lipinski definition) is 3. The lowest BCUT2D eigenvalue weighted by Gasteiger charge is -2.24. The number of carbonyl (C=O) groups excluding carboxylic acids is 1. The molecule has 0 atom stereocenters. The second kappa shape index (κ2) is 8.03. The number of nitrogens with zero attached hydrogens (tertiary/aromatic N) is 1. The summed E-state index contributed by atoms with van der Waals surface area (Å²) in [6.45, 7) is 2.01. The molecule has 1 aliphatic carbocycles. The van der Waals surface area contributed by atoms with Gasteiger partial charge in [0.15, 0.2) is 0 Å². The number of nitrogens with one attached hydrogen (secondary N) is 1. The standard InChI is InChI=1S/C17H23ClN2O3S/c1-13-8-9-15(18)10-16(13)20(24(2,22)23)12-17(21)19-11-14-6-4-3-5-7-14/h6,8-10H,3-5,7,11-12H2,1-2H3,(H,19,21). The normalized spacial score (nSPS) is 14.9. The average Bonchev–Trinajstić information content (AvgIpc) is 2.53. The summed E-state index contributed by atoms with van der Waals surface area (Å²) in [5, 5.41) is 3.24. The largest absolute Gasteiger partial charge is 0.351 e. The molecule has 0 spiro atoms. The van der Waals surface area contributed by atoms with E-state index in [-0.39, 0.29) is 12.5 Å². The van der Waals surface area contributed by atoms with Crippen molar-refractivity contribution in [2.45, 2.75) is 32.6 Å². The van der Waals surface area contributed by atoms with Crippen LogP contribution in [0.4, 0.5) is 5.69 Å². The smallest absolute Gasteiger partial charge is 0.241 e. The summed E-state index contributed by atoms with van der Waals surface area (Å²) in [4.78, 5) is 12.2. The van der Waals surface area contributed by atoms with Crippen LogP contribution in [0.25, 0.3) is 0 Å². The van der Waals surface area contributed by atoms with E-state index in [1.54, 1.807) is 25.1 Å². The minimum atomic E-state index is -3.60. The Hall–Kier alpha value is -1.53. The number of amides is 1. The lowest BCUT2D eigenvalue weighted by atomic mass is 10.00. The highest BCUT2D eigenvalue weighted by Gasteiger charge is 2.22. The predicted molar refractivity (Wildman–Crippen MR) is 97.9 cm³/mol. The molecule has 5 nitrogen and oxygen atoms in total. The van der Waals surface area contributed by atoms with Gasteiger partial charge in [0.2, 0.25) is 15.9 Å². The first-order valence-electron chi connectivity index (χ1n) is 7.96. The van der Waals surface area contributed by atoms with Crippen molar-refractivity contribution >= 4 is 33.2 Å². The SMILES string of the molecule is Cc1ccc(Cl)cc1N(CC(=O)NCC1=CCCCC1)S(C)(=O)=O. The fraction of sp³-hybridized carbons (Fsp3) is 0.471. The zero-order chi connectivity index (χ0) is 17.7. The van der Waals surface area contributed by atoms with Crippen molar-refractivity contribution in [3.8, 4) is 0 Å².